The smallest absolute Gasteiger partial charge is 0.224 e. The average molecular weight is 278 g/mol. The fourth-order valence-corrected chi connectivity index (χ4v) is 2.67. The number of carbonyl (C=O) groups excluding carboxylic acids is 1. The highest BCUT2D eigenvalue weighted by Gasteiger charge is 2.09. The zero-order valence-corrected chi connectivity index (χ0v) is 11.7. The molecule has 0 aliphatic heterocycles. The molecule has 3 nitrogen and oxygen atoms in total. The number of benzene rings is 1. The first-order chi connectivity index (χ1) is 9.06. The van der Waals surface area contributed by atoms with Crippen molar-refractivity contribution in [3.8, 4) is 0 Å². The molecule has 1 aromatic carbocycles. The summed E-state index contributed by atoms with van der Waals surface area (Å²) in [5.74, 6) is -0.530. The van der Waals surface area contributed by atoms with Crippen LogP contribution in [0.2, 0.25) is 0 Å². The fraction of sp³-hybridized carbons (Fsp3) is 0.286. The lowest BCUT2D eigenvalue weighted by atomic mass is 10.1. The van der Waals surface area contributed by atoms with Crippen molar-refractivity contribution in [2.24, 2.45) is 0 Å². The number of thiazole rings is 1. The number of nitrogens with zero attached hydrogens (tertiary/aromatic N) is 1. The van der Waals surface area contributed by atoms with Gasteiger partial charge in [0.1, 0.15) is 5.82 Å². The number of carbonyl (C=O) groups is 1. The summed E-state index contributed by atoms with van der Waals surface area (Å²) >= 11 is 1.57. The van der Waals surface area contributed by atoms with Gasteiger partial charge in [0, 0.05) is 4.88 Å². The first-order valence-corrected chi connectivity index (χ1v) is 6.81. The molecule has 19 heavy (non-hydrogen) atoms. The SMILES string of the molecule is Cc1nc(C)c(CNC(=O)Cc2ccccc2F)s1. The molecule has 0 saturated heterocycles. The first-order valence-electron chi connectivity index (χ1n) is 5.99. The summed E-state index contributed by atoms with van der Waals surface area (Å²) in [6.45, 7) is 4.30. The number of nitrogens with one attached hydrogen (secondary N) is 1. The first kappa shape index (κ1) is 13.7. The minimum absolute atomic E-state index is 0.0590. The monoisotopic (exact) mass is 278 g/mol. The number of hydrogen-bond donors (Lipinski definition) is 1. The van der Waals surface area contributed by atoms with Crippen LogP contribution in [0.1, 0.15) is 21.1 Å². The maximum absolute atomic E-state index is 13.4. The van der Waals surface area contributed by atoms with Crippen molar-refractivity contribution in [1.29, 1.82) is 0 Å². The van der Waals surface area contributed by atoms with Crippen LogP contribution >= 0.6 is 11.3 Å². The minimum atomic E-state index is -0.345. The maximum Gasteiger partial charge on any atom is 0.224 e. The standard InChI is InChI=1S/C14H15FN2OS/c1-9-13(19-10(2)17-9)8-16-14(18)7-11-5-3-4-6-12(11)15/h3-6H,7-8H2,1-2H3,(H,16,18). The zero-order valence-electron chi connectivity index (χ0n) is 10.9. The van der Waals surface area contributed by atoms with Crippen LogP contribution in [0.25, 0.3) is 0 Å². The number of amides is 1. The van der Waals surface area contributed by atoms with E-state index in [0.29, 0.717) is 12.1 Å². The van der Waals surface area contributed by atoms with Gasteiger partial charge in [-0.1, -0.05) is 18.2 Å². The van der Waals surface area contributed by atoms with E-state index in [4.69, 9.17) is 0 Å². The summed E-state index contributed by atoms with van der Waals surface area (Å²) in [6, 6.07) is 6.32. The van der Waals surface area contributed by atoms with Crippen LogP contribution in [-0.2, 0) is 17.8 Å². The molecule has 0 unspecified atom stereocenters. The summed E-state index contributed by atoms with van der Waals surface area (Å²) in [7, 11) is 0. The van der Waals surface area contributed by atoms with Crippen LogP contribution in [-0.4, -0.2) is 10.9 Å². The second kappa shape index (κ2) is 5.93. The van der Waals surface area contributed by atoms with Gasteiger partial charge < -0.3 is 5.32 Å². The van der Waals surface area contributed by atoms with Crippen molar-refractivity contribution in [2.75, 3.05) is 0 Å². The predicted octanol–water partition coefficient (Wildman–Crippen LogP) is 2.76. The summed E-state index contributed by atoms with van der Waals surface area (Å²) in [5.41, 5.74) is 1.35. The Bertz CT molecular complexity index is 595. The van der Waals surface area contributed by atoms with Crippen molar-refractivity contribution in [2.45, 2.75) is 26.8 Å². The second-order valence-electron chi connectivity index (χ2n) is 4.29. The molecule has 0 aliphatic rings. The molecule has 0 aliphatic carbocycles. The molecule has 2 rings (SSSR count). The Labute approximate surface area is 115 Å². The lowest BCUT2D eigenvalue weighted by Gasteiger charge is -2.05. The van der Waals surface area contributed by atoms with E-state index >= 15 is 0 Å². The molecular formula is C14H15FN2OS. The van der Waals surface area contributed by atoms with Crippen LogP contribution in [0, 0.1) is 19.7 Å². The van der Waals surface area contributed by atoms with Gasteiger partial charge in [-0.2, -0.15) is 0 Å². The van der Waals surface area contributed by atoms with Gasteiger partial charge in [-0.15, -0.1) is 11.3 Å². The van der Waals surface area contributed by atoms with E-state index in [2.05, 4.69) is 10.3 Å². The Morgan fingerprint density at radius 3 is 2.74 bits per heavy atom. The van der Waals surface area contributed by atoms with Gasteiger partial charge >= 0.3 is 0 Å². The van der Waals surface area contributed by atoms with Crippen LogP contribution < -0.4 is 5.32 Å². The Morgan fingerprint density at radius 2 is 2.11 bits per heavy atom. The van der Waals surface area contributed by atoms with Crippen LogP contribution in [0.3, 0.4) is 0 Å². The van der Waals surface area contributed by atoms with E-state index in [1.54, 1.807) is 29.5 Å². The zero-order chi connectivity index (χ0) is 13.8. The van der Waals surface area contributed by atoms with Crippen molar-refractivity contribution >= 4 is 17.2 Å². The molecule has 2 aromatic rings. The Kier molecular flexibility index (Phi) is 4.27. The Hall–Kier alpha value is -1.75. The largest absolute Gasteiger partial charge is 0.351 e. The molecule has 1 aromatic heterocycles. The third-order valence-electron chi connectivity index (χ3n) is 2.75. The second-order valence-corrected chi connectivity index (χ2v) is 5.57. The van der Waals surface area contributed by atoms with E-state index < -0.39 is 0 Å². The van der Waals surface area contributed by atoms with E-state index in [-0.39, 0.29) is 18.1 Å². The van der Waals surface area contributed by atoms with E-state index in [1.165, 1.54) is 6.07 Å². The molecule has 0 spiro atoms. The van der Waals surface area contributed by atoms with Crippen LogP contribution in [0.4, 0.5) is 4.39 Å². The minimum Gasteiger partial charge on any atom is -0.351 e. The molecule has 100 valence electrons. The lowest BCUT2D eigenvalue weighted by Crippen LogP contribution is -2.24. The Morgan fingerprint density at radius 1 is 1.37 bits per heavy atom. The number of aromatic nitrogens is 1. The Balaban J connectivity index is 1.92. The van der Waals surface area contributed by atoms with Gasteiger partial charge in [0.2, 0.25) is 5.91 Å². The summed E-state index contributed by atoms with van der Waals surface area (Å²) < 4.78 is 13.4. The fourth-order valence-electron chi connectivity index (χ4n) is 1.79. The average Bonchev–Trinajstić information content (AvgIpc) is 2.68. The molecule has 1 N–H and O–H groups in total. The molecule has 1 amide bonds. The molecular weight excluding hydrogens is 263 g/mol. The summed E-state index contributed by atoms with van der Waals surface area (Å²) in [6.07, 6.45) is 0.0590. The maximum atomic E-state index is 13.4. The molecule has 0 saturated carbocycles. The van der Waals surface area contributed by atoms with Crippen molar-refractivity contribution in [3.63, 3.8) is 0 Å². The van der Waals surface area contributed by atoms with Crippen LogP contribution in [0.5, 0.6) is 0 Å². The number of rotatable bonds is 4. The van der Waals surface area contributed by atoms with E-state index in [1.807, 2.05) is 13.8 Å². The van der Waals surface area contributed by atoms with Crippen molar-refractivity contribution in [1.82, 2.24) is 10.3 Å². The molecule has 1 heterocycles. The van der Waals surface area contributed by atoms with Gasteiger partial charge in [-0.25, -0.2) is 9.37 Å². The van der Waals surface area contributed by atoms with Crippen LogP contribution in [0.15, 0.2) is 24.3 Å². The lowest BCUT2D eigenvalue weighted by molar-refractivity contribution is -0.120. The summed E-state index contributed by atoms with van der Waals surface area (Å²) in [5, 5.41) is 3.78. The third-order valence-corrected chi connectivity index (χ3v) is 3.83. The quantitative estimate of drug-likeness (QED) is 0.934. The van der Waals surface area contributed by atoms with Gasteiger partial charge in [0.05, 0.1) is 23.7 Å². The highest BCUT2D eigenvalue weighted by Crippen LogP contribution is 2.16. The van der Waals surface area contributed by atoms with E-state index in [0.717, 1.165) is 15.6 Å². The highest BCUT2D eigenvalue weighted by atomic mass is 32.1. The molecule has 0 radical (unpaired) electrons. The molecule has 5 heteroatoms. The van der Waals surface area contributed by atoms with Gasteiger partial charge in [-0.3, -0.25) is 4.79 Å². The third kappa shape index (κ3) is 3.61. The van der Waals surface area contributed by atoms with Crippen molar-refractivity contribution in [3.05, 3.63) is 51.2 Å². The predicted molar refractivity (Wildman–Crippen MR) is 73.5 cm³/mol. The summed E-state index contributed by atoms with van der Waals surface area (Å²) in [4.78, 5) is 17.1. The van der Waals surface area contributed by atoms with Gasteiger partial charge in [-0.05, 0) is 25.5 Å². The number of halogens is 1. The van der Waals surface area contributed by atoms with Gasteiger partial charge in [0.25, 0.3) is 0 Å². The molecule has 0 atom stereocenters. The normalized spacial score (nSPS) is 10.5. The highest BCUT2D eigenvalue weighted by molar-refractivity contribution is 7.11. The van der Waals surface area contributed by atoms with E-state index in [9.17, 15) is 9.18 Å². The molecule has 0 fully saturated rings. The number of hydrogen-bond acceptors (Lipinski definition) is 3. The molecule has 0 bridgehead atoms. The topological polar surface area (TPSA) is 42.0 Å². The van der Waals surface area contributed by atoms with Gasteiger partial charge in [0.15, 0.2) is 0 Å². The van der Waals surface area contributed by atoms with Crippen molar-refractivity contribution < 1.29 is 9.18 Å². The number of aryl methyl sites for hydroxylation is 2.